The molecule has 1 heterocycles. The van der Waals surface area contributed by atoms with E-state index in [0.717, 1.165) is 31.6 Å². The average molecular weight is 304 g/mol. The summed E-state index contributed by atoms with van der Waals surface area (Å²) in [4.78, 5) is 0. The second-order valence-electron chi connectivity index (χ2n) is 7.65. The maximum Gasteiger partial charge on any atom is 0.122 e. The van der Waals surface area contributed by atoms with E-state index < -0.39 is 0 Å². The van der Waals surface area contributed by atoms with E-state index in [2.05, 4.69) is 59.7 Å². The predicted molar refractivity (Wildman–Crippen MR) is 92.7 cm³/mol. The monoisotopic (exact) mass is 304 g/mol. The summed E-state index contributed by atoms with van der Waals surface area (Å²) in [6.45, 7) is 14.2. The van der Waals surface area contributed by atoms with Gasteiger partial charge in [0.15, 0.2) is 0 Å². The molecule has 0 aliphatic carbocycles. The third kappa shape index (κ3) is 4.25. The zero-order valence-electron chi connectivity index (χ0n) is 15.1. The van der Waals surface area contributed by atoms with Crippen LogP contribution in [0.4, 0.5) is 0 Å². The lowest BCUT2D eigenvalue weighted by atomic mass is 9.84. The van der Waals surface area contributed by atoms with Crippen LogP contribution >= 0.6 is 0 Å². The summed E-state index contributed by atoms with van der Waals surface area (Å²) in [6.07, 6.45) is 4.10. The fraction of sp³-hybridized carbons (Fsp3) is 0.700. The van der Waals surface area contributed by atoms with Crippen LogP contribution in [0.15, 0.2) is 18.2 Å². The molecule has 2 heteroatoms. The second-order valence-corrected chi connectivity index (χ2v) is 7.65. The van der Waals surface area contributed by atoms with Crippen molar-refractivity contribution < 1.29 is 9.47 Å². The molecule has 1 saturated heterocycles. The third-order valence-corrected chi connectivity index (χ3v) is 4.52. The van der Waals surface area contributed by atoms with Crippen molar-refractivity contribution in [3.05, 3.63) is 29.3 Å². The number of rotatable bonds is 7. The van der Waals surface area contributed by atoms with Gasteiger partial charge in [0.1, 0.15) is 5.75 Å². The first-order chi connectivity index (χ1) is 10.4. The molecule has 1 aliphatic heterocycles. The molecule has 0 amide bonds. The summed E-state index contributed by atoms with van der Waals surface area (Å²) in [5.41, 5.74) is 2.88. The van der Waals surface area contributed by atoms with Crippen LogP contribution in [0.1, 0.15) is 65.5 Å². The van der Waals surface area contributed by atoms with Gasteiger partial charge in [-0.2, -0.15) is 0 Å². The number of hydrogen-bond donors (Lipinski definition) is 0. The molecule has 0 N–H and O–H groups in total. The van der Waals surface area contributed by atoms with Crippen molar-refractivity contribution in [1.29, 1.82) is 0 Å². The Labute approximate surface area is 136 Å². The standard InChI is InChI=1S/C20H32O2/c1-7-11-21-18-10-9-16(20(4,5)6)13-15(18)12-14(3)19-17(8-2)22-19/h9-10,13-14,17,19H,7-8,11-12H2,1-6H3. The fourth-order valence-corrected chi connectivity index (χ4v) is 3.01. The van der Waals surface area contributed by atoms with Crippen molar-refractivity contribution >= 4 is 0 Å². The van der Waals surface area contributed by atoms with Crippen LogP contribution in [0, 0.1) is 5.92 Å². The number of epoxide rings is 1. The molecule has 0 bridgehead atoms. The molecule has 2 nitrogen and oxygen atoms in total. The third-order valence-electron chi connectivity index (χ3n) is 4.52. The summed E-state index contributed by atoms with van der Waals surface area (Å²) in [6, 6.07) is 6.70. The summed E-state index contributed by atoms with van der Waals surface area (Å²) in [7, 11) is 0. The van der Waals surface area contributed by atoms with Crippen molar-refractivity contribution in [1.82, 2.24) is 0 Å². The highest BCUT2D eigenvalue weighted by Gasteiger charge is 2.41. The van der Waals surface area contributed by atoms with Crippen LogP contribution in [0.2, 0.25) is 0 Å². The number of hydrogen-bond acceptors (Lipinski definition) is 2. The van der Waals surface area contributed by atoms with Gasteiger partial charge in [-0.25, -0.2) is 0 Å². The second kappa shape index (κ2) is 7.04. The van der Waals surface area contributed by atoms with Crippen LogP contribution in [0.3, 0.4) is 0 Å². The zero-order valence-corrected chi connectivity index (χ0v) is 15.1. The Morgan fingerprint density at radius 2 is 1.95 bits per heavy atom. The molecule has 3 unspecified atom stereocenters. The molecule has 3 atom stereocenters. The normalized spacial score (nSPS) is 22.5. The molecule has 1 aliphatic rings. The summed E-state index contributed by atoms with van der Waals surface area (Å²) in [5, 5.41) is 0. The van der Waals surface area contributed by atoms with E-state index in [0.29, 0.717) is 18.1 Å². The number of ether oxygens (including phenoxy) is 2. The quantitative estimate of drug-likeness (QED) is 0.651. The molecule has 1 aromatic rings. The maximum absolute atomic E-state index is 5.97. The Kier molecular flexibility index (Phi) is 5.55. The molecular formula is C20H32O2. The van der Waals surface area contributed by atoms with E-state index in [-0.39, 0.29) is 5.41 Å². The van der Waals surface area contributed by atoms with Crippen LogP contribution in [0.5, 0.6) is 5.75 Å². The molecular weight excluding hydrogens is 272 g/mol. The molecule has 2 rings (SSSR count). The molecule has 124 valence electrons. The summed E-state index contributed by atoms with van der Waals surface area (Å²) < 4.78 is 11.7. The molecule has 0 saturated carbocycles. The minimum atomic E-state index is 0.170. The van der Waals surface area contributed by atoms with Gasteiger partial charge in [-0.05, 0) is 47.8 Å². The van der Waals surface area contributed by atoms with Crippen molar-refractivity contribution in [2.45, 2.75) is 78.4 Å². The van der Waals surface area contributed by atoms with Gasteiger partial charge >= 0.3 is 0 Å². The topological polar surface area (TPSA) is 21.8 Å². The number of benzene rings is 1. The largest absolute Gasteiger partial charge is 0.493 e. The van der Waals surface area contributed by atoms with E-state index in [1.807, 2.05) is 0 Å². The SMILES string of the molecule is CCCOc1ccc(C(C)(C)C)cc1CC(C)C1OC1CC. The van der Waals surface area contributed by atoms with E-state index in [9.17, 15) is 0 Å². The van der Waals surface area contributed by atoms with Crippen molar-refractivity contribution in [2.24, 2.45) is 5.92 Å². The van der Waals surface area contributed by atoms with Crippen LogP contribution in [0.25, 0.3) is 0 Å². The maximum atomic E-state index is 5.97. The highest BCUT2D eigenvalue weighted by molar-refractivity contribution is 5.40. The van der Waals surface area contributed by atoms with E-state index >= 15 is 0 Å². The Balaban J connectivity index is 2.17. The van der Waals surface area contributed by atoms with Gasteiger partial charge in [-0.3, -0.25) is 0 Å². The molecule has 1 fully saturated rings. The molecule has 0 aromatic heterocycles. The van der Waals surface area contributed by atoms with E-state index in [4.69, 9.17) is 9.47 Å². The van der Waals surface area contributed by atoms with Gasteiger partial charge in [0.2, 0.25) is 0 Å². The Hall–Kier alpha value is -1.02. The first-order valence-electron chi connectivity index (χ1n) is 8.78. The zero-order chi connectivity index (χ0) is 16.3. The average Bonchev–Trinajstić information content (AvgIpc) is 3.24. The van der Waals surface area contributed by atoms with Gasteiger partial charge in [0, 0.05) is 0 Å². The highest BCUT2D eigenvalue weighted by Crippen LogP contribution is 2.36. The highest BCUT2D eigenvalue weighted by atomic mass is 16.6. The Bertz CT molecular complexity index is 487. The van der Waals surface area contributed by atoms with Gasteiger partial charge in [0.05, 0.1) is 18.8 Å². The van der Waals surface area contributed by atoms with Crippen LogP contribution < -0.4 is 4.74 Å². The first-order valence-corrected chi connectivity index (χ1v) is 8.78. The predicted octanol–water partition coefficient (Wildman–Crippen LogP) is 5.13. The van der Waals surface area contributed by atoms with Crippen molar-refractivity contribution in [3.8, 4) is 5.75 Å². The van der Waals surface area contributed by atoms with Gasteiger partial charge in [-0.1, -0.05) is 53.7 Å². The van der Waals surface area contributed by atoms with Gasteiger partial charge in [-0.15, -0.1) is 0 Å². The lowest BCUT2D eigenvalue weighted by Gasteiger charge is -2.22. The molecule has 22 heavy (non-hydrogen) atoms. The van der Waals surface area contributed by atoms with E-state index in [1.54, 1.807) is 0 Å². The van der Waals surface area contributed by atoms with Gasteiger partial charge < -0.3 is 9.47 Å². The van der Waals surface area contributed by atoms with E-state index in [1.165, 1.54) is 11.1 Å². The molecule has 0 spiro atoms. The lowest BCUT2D eigenvalue weighted by Crippen LogP contribution is -2.15. The summed E-state index contributed by atoms with van der Waals surface area (Å²) >= 11 is 0. The molecule has 1 aromatic carbocycles. The Morgan fingerprint density at radius 3 is 2.50 bits per heavy atom. The first kappa shape index (κ1) is 17.3. The smallest absolute Gasteiger partial charge is 0.122 e. The van der Waals surface area contributed by atoms with Crippen LogP contribution in [-0.4, -0.2) is 18.8 Å². The van der Waals surface area contributed by atoms with Gasteiger partial charge in [0.25, 0.3) is 0 Å². The van der Waals surface area contributed by atoms with Crippen molar-refractivity contribution in [3.63, 3.8) is 0 Å². The fourth-order valence-electron chi connectivity index (χ4n) is 3.01. The minimum absolute atomic E-state index is 0.170. The Morgan fingerprint density at radius 1 is 1.23 bits per heavy atom. The summed E-state index contributed by atoms with van der Waals surface area (Å²) in [5.74, 6) is 1.60. The molecule has 0 radical (unpaired) electrons. The minimum Gasteiger partial charge on any atom is -0.493 e. The van der Waals surface area contributed by atoms with Crippen LogP contribution in [-0.2, 0) is 16.6 Å². The lowest BCUT2D eigenvalue weighted by molar-refractivity contribution is 0.304. The van der Waals surface area contributed by atoms with Crippen molar-refractivity contribution in [2.75, 3.05) is 6.61 Å².